The van der Waals surface area contributed by atoms with Crippen LogP contribution < -0.4 is 0 Å². The molecule has 3 rings (SSSR count). The van der Waals surface area contributed by atoms with E-state index in [1.807, 2.05) is 0 Å². The van der Waals surface area contributed by atoms with Gasteiger partial charge in [-0.2, -0.15) is 26.3 Å². The molecule has 0 radical (unpaired) electrons. The van der Waals surface area contributed by atoms with Crippen LogP contribution in [0.3, 0.4) is 0 Å². The number of hydrogen-bond acceptors (Lipinski definition) is 3. The Morgan fingerprint density at radius 3 is 2.10 bits per heavy atom. The number of carbonyl (C=O) groups is 1. The van der Waals surface area contributed by atoms with Gasteiger partial charge < -0.3 is 14.9 Å². The van der Waals surface area contributed by atoms with E-state index in [1.165, 1.54) is 19.2 Å². The first-order valence-electron chi connectivity index (χ1n) is 12.6. The Balaban J connectivity index is 0.00000560. The number of alkyl halides is 6. The van der Waals surface area contributed by atoms with Gasteiger partial charge in [-0.3, -0.25) is 4.79 Å². The smallest absolute Gasteiger partial charge is 0.390 e. The molecule has 1 heterocycles. The van der Waals surface area contributed by atoms with Gasteiger partial charge >= 0.3 is 12.4 Å². The molecular formula is C28H34ClF7N2O2. The number of rotatable bonds is 7. The fourth-order valence-corrected chi connectivity index (χ4v) is 5.07. The van der Waals surface area contributed by atoms with E-state index in [1.54, 1.807) is 26.8 Å². The molecule has 12 heteroatoms. The summed E-state index contributed by atoms with van der Waals surface area (Å²) < 4.78 is 93.7. The number of amides is 1. The number of benzene rings is 2. The van der Waals surface area contributed by atoms with Gasteiger partial charge in [-0.1, -0.05) is 6.07 Å². The Morgan fingerprint density at radius 2 is 1.60 bits per heavy atom. The second kappa shape index (κ2) is 12.7. The zero-order valence-corrected chi connectivity index (χ0v) is 23.5. The Bertz CT molecular complexity index is 1150. The van der Waals surface area contributed by atoms with Crippen molar-refractivity contribution in [2.45, 2.75) is 64.0 Å². The highest BCUT2D eigenvalue weighted by Gasteiger charge is 2.39. The maximum atomic E-state index is 13.8. The van der Waals surface area contributed by atoms with Gasteiger partial charge in [-0.25, -0.2) is 4.39 Å². The number of aryl methyl sites for hydroxylation is 1. The Hall–Kier alpha value is -2.37. The third-order valence-electron chi connectivity index (χ3n) is 7.13. The highest BCUT2D eigenvalue weighted by molar-refractivity contribution is 5.85. The standard InChI is InChI=1S/C28H33F7N2O2.ClH/c1-17-11-21(29)5-6-22(17)24-16-37(10-8-26(2,3)39)9-7-23(24)25(38)36(4)15-18-12-19(27(30,31)32)14-20(13-18)28(33,34)35;/h5-6,11-14,23-24,39H,7-10,15-16H2,1-4H3;1H/t23-,24+;/m1./s1. The van der Waals surface area contributed by atoms with Crippen LogP contribution in [0.5, 0.6) is 0 Å². The van der Waals surface area contributed by atoms with Crippen molar-refractivity contribution < 1.29 is 40.6 Å². The minimum absolute atomic E-state index is 0. The lowest BCUT2D eigenvalue weighted by atomic mass is 9.78. The lowest BCUT2D eigenvalue weighted by Gasteiger charge is -2.40. The normalized spacial score (nSPS) is 18.8. The molecule has 0 spiro atoms. The van der Waals surface area contributed by atoms with E-state index in [-0.39, 0.29) is 30.0 Å². The fraction of sp³-hybridized carbons (Fsp3) is 0.536. The quantitative estimate of drug-likeness (QED) is 0.356. The third-order valence-corrected chi connectivity index (χ3v) is 7.13. The van der Waals surface area contributed by atoms with E-state index < -0.39 is 53.3 Å². The summed E-state index contributed by atoms with van der Waals surface area (Å²) in [5.74, 6) is -1.86. The number of halogens is 8. The molecule has 224 valence electrons. The van der Waals surface area contributed by atoms with Crippen molar-refractivity contribution in [3.05, 3.63) is 70.0 Å². The van der Waals surface area contributed by atoms with E-state index in [9.17, 15) is 40.6 Å². The van der Waals surface area contributed by atoms with Crippen LogP contribution in [-0.4, -0.2) is 53.1 Å². The summed E-state index contributed by atoms with van der Waals surface area (Å²) in [6, 6.07) is 5.57. The van der Waals surface area contributed by atoms with Gasteiger partial charge in [0.15, 0.2) is 0 Å². The number of hydrogen-bond donors (Lipinski definition) is 1. The average Bonchev–Trinajstić information content (AvgIpc) is 2.80. The molecule has 2 aromatic carbocycles. The van der Waals surface area contributed by atoms with Gasteiger partial charge in [0.1, 0.15) is 5.82 Å². The van der Waals surface area contributed by atoms with Gasteiger partial charge in [-0.05, 0) is 87.2 Å². The summed E-state index contributed by atoms with van der Waals surface area (Å²) in [6.07, 6.45) is -9.11. The largest absolute Gasteiger partial charge is 0.416 e. The van der Waals surface area contributed by atoms with E-state index in [0.29, 0.717) is 50.2 Å². The van der Waals surface area contributed by atoms with Crippen molar-refractivity contribution in [1.82, 2.24) is 9.80 Å². The van der Waals surface area contributed by atoms with Crippen molar-refractivity contribution in [1.29, 1.82) is 0 Å². The van der Waals surface area contributed by atoms with E-state index in [4.69, 9.17) is 0 Å². The maximum absolute atomic E-state index is 13.8. The minimum atomic E-state index is -4.99. The van der Waals surface area contributed by atoms with Gasteiger partial charge in [-0.15, -0.1) is 12.4 Å². The number of likely N-dealkylation sites (tertiary alicyclic amines) is 1. The molecule has 1 saturated heterocycles. The highest BCUT2D eigenvalue weighted by Crippen LogP contribution is 2.38. The Morgan fingerprint density at radius 1 is 1.02 bits per heavy atom. The second-order valence-electron chi connectivity index (χ2n) is 11.0. The summed E-state index contributed by atoms with van der Waals surface area (Å²) >= 11 is 0. The SMILES string of the molecule is Cc1cc(F)ccc1[C@@H]1CN(CCC(C)(C)O)CC[C@H]1C(=O)N(C)Cc1cc(C(F)(F)F)cc(C(F)(F)F)c1.Cl. The van der Waals surface area contributed by atoms with Crippen LogP contribution >= 0.6 is 12.4 Å². The van der Waals surface area contributed by atoms with Crippen LogP contribution in [-0.2, 0) is 23.7 Å². The third kappa shape index (κ3) is 8.81. The number of piperidine rings is 1. The first kappa shape index (κ1) is 33.8. The summed E-state index contributed by atoms with van der Waals surface area (Å²) in [5, 5.41) is 10.1. The summed E-state index contributed by atoms with van der Waals surface area (Å²) in [5.41, 5.74) is -2.67. The van der Waals surface area contributed by atoms with Crippen molar-refractivity contribution in [3.8, 4) is 0 Å². The molecule has 2 atom stereocenters. The van der Waals surface area contributed by atoms with E-state index in [0.717, 1.165) is 10.5 Å². The maximum Gasteiger partial charge on any atom is 0.416 e. The van der Waals surface area contributed by atoms with Crippen molar-refractivity contribution in [3.63, 3.8) is 0 Å². The summed E-state index contributed by atoms with van der Waals surface area (Å²) in [7, 11) is 1.35. The zero-order valence-electron chi connectivity index (χ0n) is 22.7. The zero-order chi connectivity index (χ0) is 29.3. The molecule has 0 saturated carbocycles. The molecule has 0 unspecified atom stereocenters. The predicted molar refractivity (Wildman–Crippen MR) is 140 cm³/mol. The summed E-state index contributed by atoms with van der Waals surface area (Å²) in [4.78, 5) is 16.8. The second-order valence-corrected chi connectivity index (χ2v) is 11.0. The molecule has 2 aromatic rings. The van der Waals surface area contributed by atoms with E-state index in [2.05, 4.69) is 4.90 Å². The monoisotopic (exact) mass is 598 g/mol. The molecule has 4 nitrogen and oxygen atoms in total. The van der Waals surface area contributed by atoms with Crippen LogP contribution in [0, 0.1) is 18.7 Å². The number of carbonyl (C=O) groups excluding carboxylic acids is 1. The van der Waals surface area contributed by atoms with Crippen LogP contribution in [0.25, 0.3) is 0 Å². The number of aliphatic hydroxyl groups is 1. The summed E-state index contributed by atoms with van der Waals surface area (Å²) in [6.45, 7) is 6.16. The first-order chi connectivity index (χ1) is 17.8. The van der Waals surface area contributed by atoms with Crippen molar-refractivity contribution in [2.24, 2.45) is 5.92 Å². The average molecular weight is 599 g/mol. The lowest BCUT2D eigenvalue weighted by Crippen LogP contribution is -2.46. The molecule has 0 aromatic heterocycles. The molecule has 1 aliphatic rings. The van der Waals surface area contributed by atoms with Crippen LogP contribution in [0.15, 0.2) is 36.4 Å². The molecule has 0 bridgehead atoms. The lowest BCUT2D eigenvalue weighted by molar-refractivity contribution is -0.143. The van der Waals surface area contributed by atoms with Gasteiger partial charge in [0.05, 0.1) is 16.7 Å². The van der Waals surface area contributed by atoms with Crippen LogP contribution in [0.2, 0.25) is 0 Å². The van der Waals surface area contributed by atoms with Gasteiger partial charge in [0.2, 0.25) is 5.91 Å². The Labute approximate surface area is 235 Å². The minimum Gasteiger partial charge on any atom is -0.390 e. The molecular weight excluding hydrogens is 565 g/mol. The van der Waals surface area contributed by atoms with E-state index >= 15 is 0 Å². The van der Waals surface area contributed by atoms with Crippen LogP contribution in [0.4, 0.5) is 30.7 Å². The first-order valence-corrected chi connectivity index (χ1v) is 12.6. The van der Waals surface area contributed by atoms with Crippen molar-refractivity contribution in [2.75, 3.05) is 26.7 Å². The molecule has 1 aliphatic heterocycles. The number of nitrogens with zero attached hydrogens (tertiary/aromatic N) is 2. The van der Waals surface area contributed by atoms with Crippen LogP contribution in [0.1, 0.15) is 60.4 Å². The molecule has 40 heavy (non-hydrogen) atoms. The predicted octanol–water partition coefficient (Wildman–Crippen LogP) is 6.82. The fourth-order valence-electron chi connectivity index (χ4n) is 5.07. The molecule has 0 aliphatic carbocycles. The van der Waals surface area contributed by atoms with Gasteiger partial charge in [0, 0.05) is 38.5 Å². The highest BCUT2D eigenvalue weighted by atomic mass is 35.5. The van der Waals surface area contributed by atoms with Gasteiger partial charge in [0.25, 0.3) is 0 Å². The van der Waals surface area contributed by atoms with Crippen molar-refractivity contribution >= 4 is 18.3 Å². The molecule has 1 amide bonds. The Kier molecular flexibility index (Phi) is 10.7. The molecule has 1 fully saturated rings. The topological polar surface area (TPSA) is 43.8 Å². The molecule has 1 N–H and O–H groups in total.